The van der Waals surface area contributed by atoms with E-state index in [2.05, 4.69) is 58.8 Å². The number of hydrogen-bond acceptors (Lipinski definition) is 3. The summed E-state index contributed by atoms with van der Waals surface area (Å²) in [7, 11) is 1.70. The SMILES string of the molecule is C=CCN1CN(c2cccc3ccccc23)C=C1OC. The molecule has 102 valence electrons. The molecular formula is C17H18N2O. The number of benzene rings is 2. The van der Waals surface area contributed by atoms with E-state index in [0.717, 1.165) is 19.1 Å². The zero-order chi connectivity index (χ0) is 13.9. The van der Waals surface area contributed by atoms with Crippen molar-refractivity contribution in [3.63, 3.8) is 0 Å². The van der Waals surface area contributed by atoms with Crippen LogP contribution in [0.5, 0.6) is 0 Å². The summed E-state index contributed by atoms with van der Waals surface area (Å²) in [4.78, 5) is 4.36. The second-order valence-electron chi connectivity index (χ2n) is 4.79. The van der Waals surface area contributed by atoms with Gasteiger partial charge in [-0.15, -0.1) is 6.58 Å². The fraction of sp³-hybridized carbons (Fsp3) is 0.176. The van der Waals surface area contributed by atoms with Crippen LogP contribution in [0, 0.1) is 0 Å². The van der Waals surface area contributed by atoms with Gasteiger partial charge in [0.2, 0.25) is 5.88 Å². The Bertz CT molecular complexity index is 658. The van der Waals surface area contributed by atoms with Gasteiger partial charge >= 0.3 is 0 Å². The Morgan fingerprint density at radius 2 is 2.00 bits per heavy atom. The van der Waals surface area contributed by atoms with Crippen molar-refractivity contribution in [1.82, 2.24) is 4.90 Å². The predicted molar refractivity (Wildman–Crippen MR) is 83.3 cm³/mol. The fourth-order valence-corrected chi connectivity index (χ4v) is 2.60. The van der Waals surface area contributed by atoms with E-state index in [-0.39, 0.29) is 0 Å². The van der Waals surface area contributed by atoms with Crippen LogP contribution in [0.4, 0.5) is 5.69 Å². The van der Waals surface area contributed by atoms with Gasteiger partial charge in [-0.05, 0) is 11.5 Å². The molecule has 0 unspecified atom stereocenters. The third-order valence-electron chi connectivity index (χ3n) is 3.54. The first kappa shape index (κ1) is 12.6. The molecule has 0 bridgehead atoms. The molecule has 0 amide bonds. The first-order valence-corrected chi connectivity index (χ1v) is 6.69. The summed E-state index contributed by atoms with van der Waals surface area (Å²) in [6.45, 7) is 5.36. The summed E-state index contributed by atoms with van der Waals surface area (Å²) in [6, 6.07) is 14.8. The minimum atomic E-state index is 0.779. The lowest BCUT2D eigenvalue weighted by atomic mass is 10.1. The average Bonchev–Trinajstić information content (AvgIpc) is 2.90. The monoisotopic (exact) mass is 266 g/mol. The van der Waals surface area contributed by atoms with Crippen molar-refractivity contribution < 1.29 is 4.74 Å². The molecule has 2 aromatic carbocycles. The number of ether oxygens (including phenoxy) is 1. The number of nitrogens with zero attached hydrogens (tertiary/aromatic N) is 2. The minimum Gasteiger partial charge on any atom is -0.481 e. The summed E-state index contributed by atoms with van der Waals surface area (Å²) in [5, 5.41) is 2.50. The standard InChI is InChI=1S/C17H18N2O/c1-3-11-18-13-19(12-17(18)20-2)16-10-6-8-14-7-4-5-9-15(14)16/h3-10,12H,1,11,13H2,2H3. The quantitative estimate of drug-likeness (QED) is 0.787. The smallest absolute Gasteiger partial charge is 0.207 e. The summed E-state index contributed by atoms with van der Waals surface area (Å²) < 4.78 is 5.44. The molecule has 3 nitrogen and oxygen atoms in total. The lowest BCUT2D eigenvalue weighted by Crippen LogP contribution is -2.27. The van der Waals surface area contributed by atoms with E-state index in [4.69, 9.17) is 4.74 Å². The molecule has 0 radical (unpaired) electrons. The average molecular weight is 266 g/mol. The van der Waals surface area contributed by atoms with Gasteiger partial charge in [0, 0.05) is 11.9 Å². The van der Waals surface area contributed by atoms with Crippen molar-refractivity contribution in [2.24, 2.45) is 0 Å². The van der Waals surface area contributed by atoms with Crippen molar-refractivity contribution in [2.75, 3.05) is 25.2 Å². The second kappa shape index (κ2) is 5.29. The van der Waals surface area contributed by atoms with Crippen LogP contribution in [0.25, 0.3) is 10.8 Å². The molecule has 0 aliphatic carbocycles. The molecule has 0 atom stereocenters. The van der Waals surface area contributed by atoms with Crippen molar-refractivity contribution in [1.29, 1.82) is 0 Å². The van der Waals surface area contributed by atoms with E-state index in [0.29, 0.717) is 0 Å². The van der Waals surface area contributed by atoms with Crippen LogP contribution < -0.4 is 4.90 Å². The van der Waals surface area contributed by atoms with Crippen LogP contribution in [0.2, 0.25) is 0 Å². The molecule has 0 fully saturated rings. The minimum absolute atomic E-state index is 0.779. The Morgan fingerprint density at radius 3 is 2.80 bits per heavy atom. The molecule has 0 N–H and O–H groups in total. The number of hydrogen-bond donors (Lipinski definition) is 0. The maximum Gasteiger partial charge on any atom is 0.207 e. The van der Waals surface area contributed by atoms with Crippen molar-refractivity contribution in [3.05, 3.63) is 67.2 Å². The summed E-state index contributed by atoms with van der Waals surface area (Å²) >= 11 is 0. The van der Waals surface area contributed by atoms with Gasteiger partial charge in [-0.25, -0.2) is 0 Å². The van der Waals surface area contributed by atoms with Crippen molar-refractivity contribution in [2.45, 2.75) is 0 Å². The van der Waals surface area contributed by atoms with Crippen LogP contribution in [0.1, 0.15) is 0 Å². The molecule has 0 spiro atoms. The molecule has 1 heterocycles. The highest BCUT2D eigenvalue weighted by Gasteiger charge is 2.22. The van der Waals surface area contributed by atoms with Gasteiger partial charge in [0.25, 0.3) is 0 Å². The molecule has 1 aliphatic heterocycles. The molecule has 0 aromatic heterocycles. The molecule has 3 heteroatoms. The Kier molecular flexibility index (Phi) is 3.33. The lowest BCUT2D eigenvalue weighted by molar-refractivity contribution is 0.180. The lowest BCUT2D eigenvalue weighted by Gasteiger charge is -2.22. The van der Waals surface area contributed by atoms with Crippen LogP contribution in [0.3, 0.4) is 0 Å². The van der Waals surface area contributed by atoms with Gasteiger partial charge in [-0.2, -0.15) is 0 Å². The molecule has 1 aliphatic rings. The fourth-order valence-electron chi connectivity index (χ4n) is 2.60. The Morgan fingerprint density at radius 1 is 1.20 bits per heavy atom. The maximum atomic E-state index is 5.44. The number of fused-ring (bicyclic) bond motifs is 1. The summed E-state index contributed by atoms with van der Waals surface area (Å²) in [5.74, 6) is 0.873. The largest absolute Gasteiger partial charge is 0.481 e. The van der Waals surface area contributed by atoms with Crippen molar-refractivity contribution >= 4 is 16.5 Å². The summed E-state index contributed by atoms with van der Waals surface area (Å²) in [6.07, 6.45) is 3.94. The van der Waals surface area contributed by atoms with Crippen LogP contribution in [-0.2, 0) is 4.74 Å². The van der Waals surface area contributed by atoms with Gasteiger partial charge in [-0.1, -0.05) is 42.5 Å². The highest BCUT2D eigenvalue weighted by atomic mass is 16.5. The number of rotatable bonds is 4. The number of anilines is 1. The molecular weight excluding hydrogens is 248 g/mol. The first-order chi connectivity index (χ1) is 9.83. The molecule has 0 saturated carbocycles. The van der Waals surface area contributed by atoms with E-state index >= 15 is 0 Å². The first-order valence-electron chi connectivity index (χ1n) is 6.69. The maximum absolute atomic E-state index is 5.44. The Hall–Kier alpha value is -2.42. The topological polar surface area (TPSA) is 15.7 Å². The Labute approximate surface area is 119 Å². The van der Waals surface area contributed by atoms with E-state index in [1.807, 2.05) is 12.3 Å². The predicted octanol–water partition coefficient (Wildman–Crippen LogP) is 3.55. The molecule has 20 heavy (non-hydrogen) atoms. The van der Waals surface area contributed by atoms with Crippen LogP contribution >= 0.6 is 0 Å². The molecule has 0 saturated heterocycles. The Balaban J connectivity index is 2.00. The number of methoxy groups -OCH3 is 1. The normalized spacial score (nSPS) is 14.6. The van der Waals surface area contributed by atoms with Gasteiger partial charge in [0.05, 0.1) is 25.7 Å². The third-order valence-corrected chi connectivity index (χ3v) is 3.54. The van der Waals surface area contributed by atoms with Crippen LogP contribution in [-0.4, -0.2) is 25.2 Å². The van der Waals surface area contributed by atoms with Crippen molar-refractivity contribution in [3.8, 4) is 0 Å². The summed E-state index contributed by atoms with van der Waals surface area (Å²) in [5.41, 5.74) is 1.20. The van der Waals surface area contributed by atoms with Gasteiger partial charge in [0.15, 0.2) is 0 Å². The zero-order valence-electron chi connectivity index (χ0n) is 11.6. The third kappa shape index (κ3) is 2.11. The highest BCUT2D eigenvalue weighted by Crippen LogP contribution is 2.30. The highest BCUT2D eigenvalue weighted by molar-refractivity contribution is 5.94. The molecule has 2 aromatic rings. The van der Waals surface area contributed by atoms with Gasteiger partial charge < -0.3 is 14.5 Å². The second-order valence-corrected chi connectivity index (χ2v) is 4.79. The van der Waals surface area contributed by atoms with E-state index < -0.39 is 0 Å². The van der Waals surface area contributed by atoms with E-state index in [1.165, 1.54) is 16.5 Å². The zero-order valence-corrected chi connectivity index (χ0v) is 11.6. The van der Waals surface area contributed by atoms with Gasteiger partial charge in [-0.3, -0.25) is 0 Å². The van der Waals surface area contributed by atoms with E-state index in [9.17, 15) is 0 Å². The van der Waals surface area contributed by atoms with Crippen LogP contribution in [0.15, 0.2) is 67.2 Å². The molecule has 3 rings (SSSR count). The van der Waals surface area contributed by atoms with E-state index in [1.54, 1.807) is 7.11 Å². The van der Waals surface area contributed by atoms with Gasteiger partial charge in [0.1, 0.15) is 0 Å².